The molecule has 3 N–H and O–H groups in total. The predicted octanol–water partition coefficient (Wildman–Crippen LogP) is 3.27. The molecule has 0 unspecified atom stereocenters. The molecule has 0 fully saturated rings. The highest BCUT2D eigenvalue weighted by Gasteiger charge is 2.13. The highest BCUT2D eigenvalue weighted by molar-refractivity contribution is 7.97. The van der Waals surface area contributed by atoms with Crippen LogP contribution in [0.4, 0.5) is 0 Å². The van der Waals surface area contributed by atoms with Crippen molar-refractivity contribution in [3.63, 3.8) is 0 Å². The largest absolute Gasteiger partial charge is 0.495 e. The van der Waals surface area contributed by atoms with Gasteiger partial charge in [0.05, 0.1) is 19.9 Å². The van der Waals surface area contributed by atoms with E-state index in [-0.39, 0.29) is 12.5 Å². The molecular formula is C25H24N4O4S. The maximum atomic E-state index is 12.8. The number of hydrazine groups is 1. The summed E-state index contributed by atoms with van der Waals surface area (Å²) in [5.41, 5.74) is 6.32. The van der Waals surface area contributed by atoms with Crippen molar-refractivity contribution < 1.29 is 19.1 Å². The Morgan fingerprint density at radius 1 is 1.09 bits per heavy atom. The van der Waals surface area contributed by atoms with Crippen molar-refractivity contribution in [3.8, 4) is 35.1 Å². The van der Waals surface area contributed by atoms with Crippen molar-refractivity contribution in [1.82, 2.24) is 20.6 Å². The molecule has 34 heavy (non-hydrogen) atoms. The lowest BCUT2D eigenvalue weighted by molar-refractivity contribution is -0.115. The van der Waals surface area contributed by atoms with Crippen LogP contribution in [0.25, 0.3) is 11.3 Å². The van der Waals surface area contributed by atoms with Gasteiger partial charge < -0.3 is 14.8 Å². The molecule has 0 saturated carbocycles. The van der Waals surface area contributed by atoms with Crippen molar-refractivity contribution >= 4 is 23.8 Å². The topological polar surface area (TPSA) is 102 Å². The number of aromatic nitrogens is 1. The molecule has 9 heteroatoms. The molecule has 0 atom stereocenters. The summed E-state index contributed by atoms with van der Waals surface area (Å²) in [6.45, 7) is 2.18. The van der Waals surface area contributed by atoms with Crippen molar-refractivity contribution in [2.24, 2.45) is 0 Å². The van der Waals surface area contributed by atoms with E-state index < -0.39 is 5.91 Å². The predicted molar refractivity (Wildman–Crippen MR) is 131 cm³/mol. The Hall–Kier alpha value is -4.00. The molecule has 2 aromatic carbocycles. The summed E-state index contributed by atoms with van der Waals surface area (Å²) in [5, 5.41) is 2.63. The minimum absolute atomic E-state index is 0.283. The maximum absolute atomic E-state index is 12.8. The lowest BCUT2D eigenvalue weighted by Crippen LogP contribution is -2.32. The number of benzene rings is 2. The number of ether oxygens (including phenoxy) is 2. The van der Waals surface area contributed by atoms with E-state index in [1.54, 1.807) is 50.7 Å². The van der Waals surface area contributed by atoms with Gasteiger partial charge in [-0.1, -0.05) is 6.07 Å². The second-order valence-corrected chi connectivity index (χ2v) is 7.93. The van der Waals surface area contributed by atoms with Crippen LogP contribution in [0.1, 0.15) is 21.5 Å². The average molecular weight is 477 g/mol. The van der Waals surface area contributed by atoms with Crippen LogP contribution in [0.2, 0.25) is 0 Å². The highest BCUT2D eigenvalue weighted by Crippen LogP contribution is 2.35. The monoisotopic (exact) mass is 476 g/mol. The van der Waals surface area contributed by atoms with Gasteiger partial charge in [0.1, 0.15) is 16.4 Å². The quantitative estimate of drug-likeness (QED) is 0.248. The van der Waals surface area contributed by atoms with E-state index in [9.17, 15) is 9.59 Å². The summed E-state index contributed by atoms with van der Waals surface area (Å²) >= 11 is 1.17. The van der Waals surface area contributed by atoms with Crippen molar-refractivity contribution in [2.45, 2.75) is 18.4 Å². The lowest BCUT2D eigenvalue weighted by atomic mass is 10.0. The number of hydrogen-bond donors (Lipinski definition) is 3. The van der Waals surface area contributed by atoms with E-state index in [2.05, 4.69) is 20.6 Å². The number of nitrogens with zero attached hydrogens (tertiary/aromatic N) is 1. The number of hydrogen-bond acceptors (Lipinski definition) is 7. The Bertz CT molecular complexity index is 1220. The van der Waals surface area contributed by atoms with Crippen LogP contribution in [0.3, 0.4) is 0 Å². The van der Waals surface area contributed by atoms with E-state index in [1.807, 2.05) is 31.0 Å². The number of pyridine rings is 1. The first kappa shape index (κ1) is 24.6. The number of nitrogens with one attached hydrogen (secondary N) is 3. The molecule has 1 heterocycles. The Kier molecular flexibility index (Phi) is 8.51. The van der Waals surface area contributed by atoms with Crippen molar-refractivity contribution in [3.05, 3.63) is 71.4 Å². The summed E-state index contributed by atoms with van der Waals surface area (Å²) in [6.07, 6.45) is 6.73. The minimum atomic E-state index is -0.482. The zero-order valence-electron chi connectivity index (χ0n) is 19.0. The first-order valence-electron chi connectivity index (χ1n) is 10.2. The molecular weight excluding hydrogens is 452 g/mol. The van der Waals surface area contributed by atoms with Gasteiger partial charge in [0, 0.05) is 23.9 Å². The molecule has 2 amide bonds. The van der Waals surface area contributed by atoms with Gasteiger partial charge in [-0.3, -0.25) is 20.0 Å². The van der Waals surface area contributed by atoms with E-state index in [0.717, 1.165) is 16.7 Å². The fourth-order valence-corrected chi connectivity index (χ4v) is 3.90. The number of amides is 2. The van der Waals surface area contributed by atoms with E-state index >= 15 is 0 Å². The first-order valence-corrected chi connectivity index (χ1v) is 11.0. The molecule has 0 radical (unpaired) electrons. The van der Waals surface area contributed by atoms with E-state index in [0.29, 0.717) is 27.7 Å². The average Bonchev–Trinajstić information content (AvgIpc) is 2.86. The molecule has 0 spiro atoms. The number of carbonyl (C=O) groups is 2. The van der Waals surface area contributed by atoms with Gasteiger partial charge >= 0.3 is 0 Å². The molecule has 1 aromatic heterocycles. The van der Waals surface area contributed by atoms with Crippen LogP contribution in [-0.4, -0.2) is 31.0 Å². The van der Waals surface area contributed by atoms with Crippen LogP contribution in [-0.2, 0) is 11.3 Å². The minimum Gasteiger partial charge on any atom is -0.495 e. The smallest absolute Gasteiger partial charge is 0.295 e. The van der Waals surface area contributed by atoms with Crippen LogP contribution in [0.5, 0.6) is 11.5 Å². The first-order chi connectivity index (χ1) is 16.4. The SMILES string of the molecule is C#CC(=O)NCc1ccnc(-c2cc(C)cc(C(=O)NNSc3c(OC)cccc3OC)c2)c1. The fourth-order valence-electron chi connectivity index (χ4n) is 3.15. The van der Waals surface area contributed by atoms with Crippen molar-refractivity contribution in [2.75, 3.05) is 14.2 Å². The molecule has 0 aliphatic rings. The van der Waals surface area contributed by atoms with Gasteiger partial charge in [0.15, 0.2) is 0 Å². The Labute approximate surface area is 202 Å². The molecule has 3 aromatic rings. The van der Waals surface area contributed by atoms with Gasteiger partial charge in [0.2, 0.25) is 0 Å². The lowest BCUT2D eigenvalue weighted by Gasteiger charge is -2.13. The Morgan fingerprint density at radius 2 is 1.82 bits per heavy atom. The standard InChI is InChI=1S/C25H24N4O4S/c1-5-23(30)27-15-17-9-10-26-20(13-17)18-11-16(2)12-19(14-18)25(31)28-29-34-24-21(32-3)7-6-8-22(24)33-4/h1,6-14,29H,15H2,2-4H3,(H,27,30)(H,28,31). The summed E-state index contributed by atoms with van der Waals surface area (Å²) < 4.78 is 10.7. The summed E-state index contributed by atoms with van der Waals surface area (Å²) in [7, 11) is 3.13. The van der Waals surface area contributed by atoms with E-state index in [1.165, 1.54) is 11.9 Å². The molecule has 174 valence electrons. The van der Waals surface area contributed by atoms with Gasteiger partial charge in [-0.2, -0.15) is 4.83 Å². The summed E-state index contributed by atoms with van der Waals surface area (Å²) in [5.74, 6) is 2.46. The number of methoxy groups -OCH3 is 2. The normalized spacial score (nSPS) is 10.2. The van der Waals surface area contributed by atoms with Gasteiger partial charge in [0.25, 0.3) is 11.8 Å². The number of terminal acetylenes is 1. The third-order valence-corrected chi connectivity index (χ3v) is 5.55. The van der Waals surface area contributed by atoms with Gasteiger partial charge in [-0.15, -0.1) is 6.42 Å². The molecule has 0 bridgehead atoms. The maximum Gasteiger partial charge on any atom is 0.295 e. The summed E-state index contributed by atoms with van der Waals surface area (Å²) in [6, 6.07) is 14.5. The molecule has 3 rings (SSSR count). The summed E-state index contributed by atoms with van der Waals surface area (Å²) in [4.78, 5) is 32.1. The third-order valence-electron chi connectivity index (χ3n) is 4.74. The Morgan fingerprint density at radius 3 is 2.50 bits per heavy atom. The van der Waals surface area contributed by atoms with Gasteiger partial charge in [-0.05, 0) is 78.4 Å². The fraction of sp³-hybridized carbons (Fsp3) is 0.160. The third kappa shape index (κ3) is 6.28. The zero-order chi connectivity index (χ0) is 24.5. The Balaban J connectivity index is 1.73. The number of aryl methyl sites for hydroxylation is 1. The highest BCUT2D eigenvalue weighted by atomic mass is 32.2. The number of rotatable bonds is 9. The molecule has 0 aliphatic carbocycles. The second-order valence-electron chi connectivity index (χ2n) is 7.11. The van der Waals surface area contributed by atoms with Crippen LogP contribution >= 0.6 is 11.9 Å². The van der Waals surface area contributed by atoms with Crippen LogP contribution in [0.15, 0.2) is 59.6 Å². The van der Waals surface area contributed by atoms with Crippen LogP contribution < -0.4 is 25.0 Å². The van der Waals surface area contributed by atoms with E-state index in [4.69, 9.17) is 15.9 Å². The second kappa shape index (κ2) is 11.7. The molecule has 0 aliphatic heterocycles. The van der Waals surface area contributed by atoms with Gasteiger partial charge in [-0.25, -0.2) is 0 Å². The zero-order valence-corrected chi connectivity index (χ0v) is 19.8. The number of carbonyl (C=O) groups excluding carboxylic acids is 2. The van der Waals surface area contributed by atoms with Crippen LogP contribution in [0, 0.1) is 19.3 Å². The molecule has 8 nitrogen and oxygen atoms in total. The molecule has 0 saturated heterocycles. The van der Waals surface area contributed by atoms with Crippen molar-refractivity contribution in [1.29, 1.82) is 0 Å².